The summed E-state index contributed by atoms with van der Waals surface area (Å²) in [6.45, 7) is 2.47. The van der Waals surface area contributed by atoms with Crippen molar-refractivity contribution in [3.63, 3.8) is 0 Å². The molecule has 2 N–H and O–H groups in total. The number of thiol groups is 2. The molecule has 0 radical (unpaired) electrons. The molecule has 0 aliphatic rings. The Balaban J connectivity index is -0.000000295. The van der Waals surface area contributed by atoms with E-state index in [1.807, 2.05) is 0 Å². The number of rotatable bonds is 6. The molecule has 0 bridgehead atoms. The average Bonchev–Trinajstić information content (AvgIpc) is 2.32. The van der Waals surface area contributed by atoms with Crippen molar-refractivity contribution >= 4 is 49.0 Å². The van der Waals surface area contributed by atoms with Gasteiger partial charge in [-0.15, -0.1) is 0 Å². The van der Waals surface area contributed by atoms with E-state index in [1.165, 1.54) is 13.8 Å². The second-order valence-corrected chi connectivity index (χ2v) is 4.24. The van der Waals surface area contributed by atoms with Gasteiger partial charge in [0.15, 0.2) is 0 Å². The molecule has 0 aliphatic heterocycles. The monoisotopic (exact) mass is 430 g/mol. The Morgan fingerprint density at radius 1 is 0.857 bits per heavy atom. The van der Waals surface area contributed by atoms with Crippen LogP contribution in [0.1, 0.15) is 13.8 Å². The van der Waals surface area contributed by atoms with Crippen molar-refractivity contribution in [2.45, 2.75) is 25.9 Å². The van der Waals surface area contributed by atoms with Gasteiger partial charge in [-0.05, 0) is 0 Å². The first-order valence-electron chi connectivity index (χ1n) is 5.33. The van der Waals surface area contributed by atoms with Gasteiger partial charge in [-0.2, -0.15) is 25.3 Å². The Morgan fingerprint density at radius 2 is 1.10 bits per heavy atom. The summed E-state index contributed by atoms with van der Waals surface area (Å²) in [4.78, 5) is 40.7. The van der Waals surface area contributed by atoms with Gasteiger partial charge in [0.2, 0.25) is 11.8 Å². The molecule has 0 unspecified atom stereocenters. The van der Waals surface area contributed by atoms with Gasteiger partial charge < -0.3 is 30.4 Å². The SMILES string of the molecule is CC(=O)N[C@@H](CS)C(=O)[O-].CC(=O)N[C@@H](CS)C(=O)[O-].[Pd+2]. The fourth-order valence-corrected chi connectivity index (χ4v) is 1.33. The smallest absolute Gasteiger partial charge is 0.548 e. The molecule has 2 amide bonds. The number of aliphatic carboxylic acids is 2. The predicted octanol–water partition coefficient (Wildman–Crippen LogP) is -3.66. The molecule has 0 fully saturated rings. The molecule has 124 valence electrons. The van der Waals surface area contributed by atoms with Gasteiger partial charge in [0, 0.05) is 25.4 Å². The molecule has 0 rings (SSSR count). The van der Waals surface area contributed by atoms with E-state index < -0.39 is 35.8 Å². The van der Waals surface area contributed by atoms with Crippen molar-refractivity contribution in [3.8, 4) is 0 Å². The summed E-state index contributed by atoms with van der Waals surface area (Å²) < 4.78 is 0. The number of nitrogens with one attached hydrogen (secondary N) is 2. The van der Waals surface area contributed by atoms with Crippen LogP contribution in [0.2, 0.25) is 0 Å². The van der Waals surface area contributed by atoms with Crippen LogP contribution in [0, 0.1) is 0 Å². The number of hydrogen-bond acceptors (Lipinski definition) is 8. The van der Waals surface area contributed by atoms with Crippen LogP contribution in [0.3, 0.4) is 0 Å². The van der Waals surface area contributed by atoms with Gasteiger partial charge in [0.05, 0.1) is 24.0 Å². The molecule has 0 aromatic carbocycles. The standard InChI is InChI=1S/2C5H9NO3S.Pd/c2*1-3(7)6-4(2-10)5(8)9;/h2*4,10H,2H2,1H3,(H,6,7)(H,8,9);/q;;+2/p-2/t2*4-;/m00./s1. The maximum atomic E-state index is 10.3. The fraction of sp³-hybridized carbons (Fsp3) is 0.600. The maximum Gasteiger partial charge on any atom is 2.00 e. The number of carboxylic acids is 2. The van der Waals surface area contributed by atoms with Crippen molar-refractivity contribution < 1.29 is 49.8 Å². The summed E-state index contributed by atoms with van der Waals surface area (Å²) in [7, 11) is 0. The molecule has 2 atom stereocenters. The van der Waals surface area contributed by atoms with Gasteiger partial charge in [-0.25, -0.2) is 0 Å². The van der Waals surface area contributed by atoms with Crippen LogP contribution in [-0.2, 0) is 39.6 Å². The fourth-order valence-electron chi connectivity index (χ4n) is 0.849. The molecule has 0 aromatic heterocycles. The van der Waals surface area contributed by atoms with Gasteiger partial charge in [0.25, 0.3) is 0 Å². The van der Waals surface area contributed by atoms with E-state index in [0.717, 1.165) is 0 Å². The summed E-state index contributed by atoms with van der Waals surface area (Å²) in [6, 6.07) is -1.97. The van der Waals surface area contributed by atoms with Gasteiger partial charge in [-0.1, -0.05) is 0 Å². The van der Waals surface area contributed by atoms with Crippen LogP contribution in [0.25, 0.3) is 0 Å². The second kappa shape index (κ2) is 14.2. The third-order valence-corrected chi connectivity index (χ3v) is 2.42. The maximum absolute atomic E-state index is 10.3. The van der Waals surface area contributed by atoms with Crippen molar-refractivity contribution in [2.75, 3.05) is 11.5 Å². The summed E-state index contributed by atoms with van der Waals surface area (Å²) in [6.07, 6.45) is 0. The minimum atomic E-state index is -1.31. The Hall–Kier alpha value is -0.758. The Kier molecular flexibility index (Phi) is 17.0. The van der Waals surface area contributed by atoms with Gasteiger partial charge in [-0.3, -0.25) is 9.59 Å². The predicted molar refractivity (Wildman–Crippen MR) is 72.9 cm³/mol. The van der Waals surface area contributed by atoms with E-state index in [-0.39, 0.29) is 31.9 Å². The quantitative estimate of drug-likeness (QED) is 0.253. The zero-order valence-corrected chi connectivity index (χ0v) is 14.6. The van der Waals surface area contributed by atoms with E-state index in [2.05, 4.69) is 35.9 Å². The molecule has 0 saturated heterocycles. The molecule has 0 aliphatic carbocycles. The van der Waals surface area contributed by atoms with Crippen molar-refractivity contribution in [2.24, 2.45) is 0 Å². The minimum Gasteiger partial charge on any atom is -0.548 e. The van der Waals surface area contributed by atoms with E-state index in [1.54, 1.807) is 0 Å². The van der Waals surface area contributed by atoms with Gasteiger partial charge in [0.1, 0.15) is 0 Å². The zero-order valence-electron chi connectivity index (χ0n) is 11.2. The van der Waals surface area contributed by atoms with Crippen LogP contribution >= 0.6 is 25.3 Å². The largest absolute Gasteiger partial charge is 2.00 e. The first-order valence-corrected chi connectivity index (χ1v) is 6.59. The van der Waals surface area contributed by atoms with Crippen LogP contribution in [-0.4, -0.2) is 47.3 Å². The van der Waals surface area contributed by atoms with E-state index in [0.29, 0.717) is 0 Å². The molecule has 0 aromatic rings. The van der Waals surface area contributed by atoms with Crippen LogP contribution < -0.4 is 20.8 Å². The van der Waals surface area contributed by atoms with Gasteiger partial charge >= 0.3 is 20.4 Å². The minimum absolute atomic E-state index is 0. The van der Waals surface area contributed by atoms with E-state index in [9.17, 15) is 29.4 Å². The molecule has 8 nitrogen and oxygen atoms in total. The number of hydrogen-bond donors (Lipinski definition) is 4. The molecule has 0 heterocycles. The first-order chi connectivity index (χ1) is 9.15. The topological polar surface area (TPSA) is 138 Å². The molecule has 21 heavy (non-hydrogen) atoms. The Bertz CT molecular complexity index is 335. The second-order valence-electron chi connectivity index (χ2n) is 3.51. The number of carboxylic acid groups (broad SMARTS) is 2. The van der Waals surface area contributed by atoms with Crippen molar-refractivity contribution in [1.29, 1.82) is 0 Å². The van der Waals surface area contributed by atoms with Crippen LogP contribution in [0.15, 0.2) is 0 Å². The number of carbonyl (C=O) groups excluding carboxylic acids is 4. The Labute approximate surface area is 146 Å². The third kappa shape index (κ3) is 15.5. The van der Waals surface area contributed by atoms with E-state index >= 15 is 0 Å². The summed E-state index contributed by atoms with van der Waals surface area (Å²) in [5.74, 6) is -3.34. The summed E-state index contributed by atoms with van der Waals surface area (Å²) >= 11 is 7.39. The van der Waals surface area contributed by atoms with Crippen LogP contribution in [0.4, 0.5) is 0 Å². The zero-order chi connectivity index (χ0) is 16.3. The summed E-state index contributed by atoms with van der Waals surface area (Å²) in [5.41, 5.74) is 0. The number of amides is 2. The average molecular weight is 431 g/mol. The first kappa shape index (κ1) is 25.2. The summed E-state index contributed by atoms with van der Waals surface area (Å²) in [5, 5.41) is 24.5. The molecule has 11 heteroatoms. The van der Waals surface area contributed by atoms with Crippen molar-refractivity contribution in [3.05, 3.63) is 0 Å². The molecule has 0 spiro atoms. The third-order valence-electron chi connectivity index (χ3n) is 1.69. The van der Waals surface area contributed by atoms with Crippen molar-refractivity contribution in [1.82, 2.24) is 10.6 Å². The molecular weight excluding hydrogens is 415 g/mol. The normalized spacial score (nSPS) is 11.6. The Morgan fingerprint density at radius 3 is 1.14 bits per heavy atom. The molecular formula is C10H16N2O6PdS2. The molecule has 0 saturated carbocycles. The number of carbonyl (C=O) groups is 4. The van der Waals surface area contributed by atoms with E-state index in [4.69, 9.17) is 0 Å². The van der Waals surface area contributed by atoms with Crippen LogP contribution in [0.5, 0.6) is 0 Å².